The summed E-state index contributed by atoms with van der Waals surface area (Å²) >= 11 is 0. The number of carbonyl (C=O) groups is 1. The van der Waals surface area contributed by atoms with Crippen molar-refractivity contribution in [2.45, 2.75) is 46.3 Å². The van der Waals surface area contributed by atoms with Crippen LogP contribution in [-0.4, -0.2) is 18.4 Å². The monoisotopic (exact) mass is 173 g/mol. The summed E-state index contributed by atoms with van der Waals surface area (Å²) in [6.45, 7) is 7.41. The van der Waals surface area contributed by atoms with Crippen molar-refractivity contribution in [1.29, 1.82) is 0 Å². The van der Waals surface area contributed by atoms with Crippen molar-refractivity contribution in [2.24, 2.45) is 0 Å². The summed E-state index contributed by atoms with van der Waals surface area (Å²) in [4.78, 5) is 10.9. The molecule has 0 aliphatic rings. The molecule has 1 radical (unpaired) electrons. The maximum absolute atomic E-state index is 10.9. The molecule has 0 saturated heterocycles. The molecule has 0 heterocycles. The summed E-state index contributed by atoms with van der Waals surface area (Å²) in [7, 11) is 0. The van der Waals surface area contributed by atoms with Crippen molar-refractivity contribution in [3.05, 3.63) is 6.42 Å². The molecule has 2 atom stereocenters. The van der Waals surface area contributed by atoms with Gasteiger partial charge in [-0.1, -0.05) is 13.8 Å². The van der Waals surface area contributed by atoms with Gasteiger partial charge in [-0.2, -0.15) is 0 Å². The maximum Gasteiger partial charge on any atom is 0.508 e. The van der Waals surface area contributed by atoms with E-state index in [0.717, 1.165) is 6.42 Å². The van der Waals surface area contributed by atoms with E-state index < -0.39 is 6.16 Å². The van der Waals surface area contributed by atoms with E-state index in [2.05, 4.69) is 0 Å². The molecular weight excluding hydrogens is 156 g/mol. The highest BCUT2D eigenvalue weighted by Gasteiger charge is 2.11. The average molecular weight is 173 g/mol. The number of hydrogen-bond donors (Lipinski definition) is 0. The molecule has 0 aromatic carbocycles. The third-order valence-corrected chi connectivity index (χ3v) is 1.62. The summed E-state index contributed by atoms with van der Waals surface area (Å²) in [5.41, 5.74) is 0. The van der Waals surface area contributed by atoms with Gasteiger partial charge in [0.25, 0.3) is 0 Å². The van der Waals surface area contributed by atoms with Gasteiger partial charge in [-0.15, -0.1) is 0 Å². The van der Waals surface area contributed by atoms with E-state index in [1.54, 1.807) is 13.3 Å². The van der Waals surface area contributed by atoms with Crippen LogP contribution >= 0.6 is 0 Å². The SMILES string of the molecule is C[CH][C@@H](C)OC(=O)O[C@@H](C)CC. The van der Waals surface area contributed by atoms with Gasteiger partial charge in [-0.25, -0.2) is 4.79 Å². The van der Waals surface area contributed by atoms with Crippen molar-refractivity contribution in [3.63, 3.8) is 0 Å². The molecule has 0 unspecified atom stereocenters. The zero-order valence-electron chi connectivity index (χ0n) is 8.16. The van der Waals surface area contributed by atoms with E-state index >= 15 is 0 Å². The molecule has 0 spiro atoms. The zero-order valence-corrected chi connectivity index (χ0v) is 8.16. The van der Waals surface area contributed by atoms with Crippen LogP contribution in [-0.2, 0) is 9.47 Å². The van der Waals surface area contributed by atoms with Gasteiger partial charge < -0.3 is 9.47 Å². The van der Waals surface area contributed by atoms with Gasteiger partial charge in [-0.3, -0.25) is 0 Å². The predicted molar refractivity (Wildman–Crippen MR) is 46.8 cm³/mol. The Balaban J connectivity index is 3.59. The Bertz CT molecular complexity index is 120. The highest BCUT2D eigenvalue weighted by Crippen LogP contribution is 2.02. The van der Waals surface area contributed by atoms with E-state index in [1.807, 2.05) is 20.8 Å². The number of carbonyl (C=O) groups excluding carboxylic acids is 1. The van der Waals surface area contributed by atoms with Crippen molar-refractivity contribution in [1.82, 2.24) is 0 Å². The van der Waals surface area contributed by atoms with Crippen molar-refractivity contribution in [3.8, 4) is 0 Å². The third kappa shape index (κ3) is 4.99. The van der Waals surface area contributed by atoms with Crippen LogP contribution in [0.4, 0.5) is 4.79 Å². The minimum Gasteiger partial charge on any atom is -0.431 e. The first-order chi connectivity index (χ1) is 5.60. The van der Waals surface area contributed by atoms with Crippen LogP contribution in [0.5, 0.6) is 0 Å². The van der Waals surface area contributed by atoms with Crippen LogP contribution in [0, 0.1) is 6.42 Å². The summed E-state index contributed by atoms with van der Waals surface area (Å²) < 4.78 is 9.75. The molecule has 0 aromatic rings. The standard InChI is InChI=1S/C9H17O3/c1-5-7(3)11-9(10)12-8(4)6-2/h5,7-8H,6H2,1-4H3/t7-,8+/m1/s1. The molecule has 0 saturated carbocycles. The van der Waals surface area contributed by atoms with Crippen molar-refractivity contribution in [2.75, 3.05) is 0 Å². The van der Waals surface area contributed by atoms with Crippen LogP contribution in [0.1, 0.15) is 34.1 Å². The molecule has 0 N–H and O–H groups in total. The van der Waals surface area contributed by atoms with E-state index in [0.29, 0.717) is 0 Å². The quantitative estimate of drug-likeness (QED) is 0.613. The highest BCUT2D eigenvalue weighted by atomic mass is 16.7. The Labute approximate surface area is 74.0 Å². The van der Waals surface area contributed by atoms with Crippen molar-refractivity contribution >= 4 is 6.16 Å². The van der Waals surface area contributed by atoms with Gasteiger partial charge in [0.05, 0.1) is 0 Å². The Morgan fingerprint density at radius 2 is 2.00 bits per heavy atom. The molecule has 0 aliphatic carbocycles. The lowest BCUT2D eigenvalue weighted by Crippen LogP contribution is -2.19. The molecule has 3 heteroatoms. The first-order valence-electron chi connectivity index (χ1n) is 4.26. The van der Waals surface area contributed by atoms with Gasteiger partial charge in [0.2, 0.25) is 0 Å². The second-order valence-electron chi connectivity index (χ2n) is 2.74. The summed E-state index contributed by atoms with van der Waals surface area (Å²) in [6.07, 6.45) is 1.76. The van der Waals surface area contributed by atoms with Crippen LogP contribution in [0.25, 0.3) is 0 Å². The first-order valence-corrected chi connectivity index (χ1v) is 4.26. The number of hydrogen-bond acceptors (Lipinski definition) is 3. The van der Waals surface area contributed by atoms with Gasteiger partial charge in [0.1, 0.15) is 12.2 Å². The van der Waals surface area contributed by atoms with Gasteiger partial charge in [0.15, 0.2) is 0 Å². The predicted octanol–water partition coefficient (Wildman–Crippen LogP) is 2.55. The second-order valence-corrected chi connectivity index (χ2v) is 2.74. The molecule has 0 rings (SSSR count). The van der Waals surface area contributed by atoms with E-state index in [9.17, 15) is 4.79 Å². The minimum absolute atomic E-state index is 0.0680. The molecule has 0 fully saturated rings. The highest BCUT2D eigenvalue weighted by molar-refractivity contribution is 5.60. The topological polar surface area (TPSA) is 35.5 Å². The average Bonchev–Trinajstić information content (AvgIpc) is 2.03. The van der Waals surface area contributed by atoms with Crippen LogP contribution in [0.2, 0.25) is 0 Å². The molecule has 0 bridgehead atoms. The maximum atomic E-state index is 10.9. The molecule has 3 nitrogen and oxygen atoms in total. The normalized spacial score (nSPS) is 15.0. The smallest absolute Gasteiger partial charge is 0.431 e. The second kappa shape index (κ2) is 5.86. The van der Waals surface area contributed by atoms with Crippen molar-refractivity contribution < 1.29 is 14.3 Å². The fraction of sp³-hybridized carbons (Fsp3) is 0.778. The Morgan fingerprint density at radius 3 is 2.42 bits per heavy atom. The fourth-order valence-corrected chi connectivity index (χ4v) is 0.495. The molecule has 0 aromatic heterocycles. The van der Waals surface area contributed by atoms with Gasteiger partial charge in [-0.05, 0) is 26.7 Å². The molecular formula is C9H17O3. The third-order valence-electron chi connectivity index (χ3n) is 1.62. The fourth-order valence-electron chi connectivity index (χ4n) is 0.495. The summed E-state index contributed by atoms with van der Waals surface area (Å²) in [5.74, 6) is 0. The molecule has 71 valence electrons. The van der Waals surface area contributed by atoms with E-state index in [1.165, 1.54) is 0 Å². The van der Waals surface area contributed by atoms with Crippen LogP contribution in [0.15, 0.2) is 0 Å². The number of rotatable bonds is 4. The molecule has 0 amide bonds. The molecule has 0 aliphatic heterocycles. The Kier molecular flexibility index (Phi) is 5.51. The first kappa shape index (κ1) is 11.3. The largest absolute Gasteiger partial charge is 0.508 e. The van der Waals surface area contributed by atoms with E-state index in [4.69, 9.17) is 9.47 Å². The van der Waals surface area contributed by atoms with Crippen LogP contribution in [0.3, 0.4) is 0 Å². The van der Waals surface area contributed by atoms with Gasteiger partial charge in [0, 0.05) is 0 Å². The number of ether oxygens (including phenoxy) is 2. The lowest BCUT2D eigenvalue weighted by molar-refractivity contribution is 0.0141. The minimum atomic E-state index is -0.588. The van der Waals surface area contributed by atoms with Crippen LogP contribution < -0.4 is 0 Å². The summed E-state index contributed by atoms with van der Waals surface area (Å²) in [6, 6.07) is 0. The lowest BCUT2D eigenvalue weighted by atomic mass is 10.3. The Morgan fingerprint density at radius 1 is 1.42 bits per heavy atom. The zero-order chi connectivity index (χ0) is 9.56. The Hall–Kier alpha value is -0.730. The summed E-state index contributed by atoms with van der Waals surface area (Å²) in [5, 5.41) is 0. The lowest BCUT2D eigenvalue weighted by Gasteiger charge is -2.13. The van der Waals surface area contributed by atoms with E-state index in [-0.39, 0.29) is 12.2 Å². The molecule has 12 heavy (non-hydrogen) atoms. The van der Waals surface area contributed by atoms with Gasteiger partial charge >= 0.3 is 6.16 Å².